The van der Waals surface area contributed by atoms with E-state index in [1.807, 2.05) is 0 Å². The summed E-state index contributed by atoms with van der Waals surface area (Å²) in [6.45, 7) is 1.97. The number of nitro benzene ring substituents is 1. The molecule has 0 aliphatic rings. The van der Waals surface area contributed by atoms with Crippen LogP contribution in [0.15, 0.2) is 12.1 Å². The Kier molecular flexibility index (Phi) is 4.96. The van der Waals surface area contributed by atoms with Gasteiger partial charge in [0.25, 0.3) is 5.69 Å². The summed E-state index contributed by atoms with van der Waals surface area (Å²) in [5.74, 6) is -2.04. The standard InChI is InChI=1S/C11H14F2N2O3/c1-2-8(16)3-4-14-11-9(12)5-7(15(17)18)6-10(11)13/h5-6,8,14,16H,2-4H2,1H3. The Morgan fingerprint density at radius 3 is 2.44 bits per heavy atom. The predicted molar refractivity (Wildman–Crippen MR) is 62.4 cm³/mol. The van der Waals surface area contributed by atoms with Crippen molar-refractivity contribution >= 4 is 11.4 Å². The molecular weight excluding hydrogens is 246 g/mol. The molecule has 1 aromatic rings. The Morgan fingerprint density at radius 1 is 1.44 bits per heavy atom. The van der Waals surface area contributed by atoms with Gasteiger partial charge in [0.15, 0.2) is 11.6 Å². The fourth-order valence-corrected chi connectivity index (χ4v) is 1.40. The molecule has 0 spiro atoms. The minimum atomic E-state index is -1.02. The number of benzene rings is 1. The van der Waals surface area contributed by atoms with E-state index < -0.39 is 34.0 Å². The number of non-ortho nitro benzene ring substituents is 1. The maximum absolute atomic E-state index is 13.4. The van der Waals surface area contributed by atoms with Crippen molar-refractivity contribution < 1.29 is 18.8 Å². The van der Waals surface area contributed by atoms with Crippen molar-refractivity contribution in [3.8, 4) is 0 Å². The van der Waals surface area contributed by atoms with E-state index >= 15 is 0 Å². The minimum absolute atomic E-state index is 0.181. The van der Waals surface area contributed by atoms with E-state index in [1.54, 1.807) is 6.92 Å². The first kappa shape index (κ1) is 14.3. The maximum Gasteiger partial charge on any atom is 0.275 e. The van der Waals surface area contributed by atoms with Crippen LogP contribution in [0.1, 0.15) is 19.8 Å². The monoisotopic (exact) mass is 260 g/mol. The van der Waals surface area contributed by atoms with Crippen molar-refractivity contribution in [2.75, 3.05) is 11.9 Å². The summed E-state index contributed by atoms with van der Waals surface area (Å²) in [6.07, 6.45) is 0.348. The Balaban J connectivity index is 2.75. The first-order chi connectivity index (χ1) is 8.45. The van der Waals surface area contributed by atoms with Crippen molar-refractivity contribution in [3.05, 3.63) is 33.9 Å². The lowest BCUT2D eigenvalue weighted by molar-refractivity contribution is -0.385. The van der Waals surface area contributed by atoms with Crippen LogP contribution in [0, 0.1) is 21.7 Å². The average molecular weight is 260 g/mol. The molecule has 1 rings (SSSR count). The number of nitro groups is 1. The Labute approximate surface area is 103 Å². The Hall–Kier alpha value is -1.76. The molecule has 0 bridgehead atoms. The zero-order chi connectivity index (χ0) is 13.7. The van der Waals surface area contributed by atoms with Crippen molar-refractivity contribution in [3.63, 3.8) is 0 Å². The molecule has 0 aliphatic carbocycles. The van der Waals surface area contributed by atoms with Gasteiger partial charge < -0.3 is 10.4 Å². The SMILES string of the molecule is CCC(O)CCNc1c(F)cc([N+](=O)[O-])cc1F. The largest absolute Gasteiger partial charge is 0.393 e. The van der Waals surface area contributed by atoms with E-state index in [-0.39, 0.29) is 6.54 Å². The summed E-state index contributed by atoms with van der Waals surface area (Å²) < 4.78 is 26.8. The van der Waals surface area contributed by atoms with Crippen molar-refractivity contribution in [2.24, 2.45) is 0 Å². The number of hydrogen-bond donors (Lipinski definition) is 2. The predicted octanol–water partition coefficient (Wildman–Crippen LogP) is 2.45. The molecule has 0 saturated carbocycles. The lowest BCUT2D eigenvalue weighted by Gasteiger charge is -2.11. The van der Waals surface area contributed by atoms with Gasteiger partial charge in [-0.2, -0.15) is 0 Å². The van der Waals surface area contributed by atoms with Gasteiger partial charge in [-0.3, -0.25) is 10.1 Å². The molecule has 1 atom stereocenters. The first-order valence-corrected chi connectivity index (χ1v) is 5.51. The van der Waals surface area contributed by atoms with Crippen molar-refractivity contribution in [1.29, 1.82) is 0 Å². The van der Waals surface area contributed by atoms with Gasteiger partial charge >= 0.3 is 0 Å². The number of hydrogen-bond acceptors (Lipinski definition) is 4. The van der Waals surface area contributed by atoms with E-state index in [4.69, 9.17) is 0 Å². The van der Waals surface area contributed by atoms with Gasteiger partial charge in [0.1, 0.15) is 5.69 Å². The minimum Gasteiger partial charge on any atom is -0.393 e. The lowest BCUT2D eigenvalue weighted by Crippen LogP contribution is -2.13. The summed E-state index contributed by atoms with van der Waals surface area (Å²) >= 11 is 0. The Morgan fingerprint density at radius 2 is 2.00 bits per heavy atom. The third-order valence-corrected chi connectivity index (χ3v) is 2.49. The topological polar surface area (TPSA) is 75.4 Å². The van der Waals surface area contributed by atoms with E-state index in [9.17, 15) is 24.0 Å². The molecule has 0 saturated heterocycles. The molecule has 7 heteroatoms. The van der Waals surface area contributed by atoms with Gasteiger partial charge in [-0.1, -0.05) is 6.92 Å². The van der Waals surface area contributed by atoms with E-state index in [2.05, 4.69) is 5.32 Å². The number of aliphatic hydroxyl groups excluding tert-OH is 1. The normalized spacial score (nSPS) is 12.2. The molecule has 0 fully saturated rings. The molecule has 0 aliphatic heterocycles. The fourth-order valence-electron chi connectivity index (χ4n) is 1.40. The lowest BCUT2D eigenvalue weighted by atomic mass is 10.2. The van der Waals surface area contributed by atoms with Gasteiger partial charge in [-0.25, -0.2) is 8.78 Å². The third kappa shape index (κ3) is 3.63. The van der Waals surface area contributed by atoms with Gasteiger partial charge in [0, 0.05) is 6.54 Å². The number of aliphatic hydroxyl groups is 1. The van der Waals surface area contributed by atoms with E-state index in [1.165, 1.54) is 0 Å². The van der Waals surface area contributed by atoms with Crippen LogP contribution < -0.4 is 5.32 Å². The maximum atomic E-state index is 13.4. The molecular formula is C11H14F2N2O3. The second-order valence-electron chi connectivity index (χ2n) is 3.82. The van der Waals surface area contributed by atoms with Crippen LogP contribution in [0.4, 0.5) is 20.2 Å². The average Bonchev–Trinajstić information content (AvgIpc) is 2.31. The van der Waals surface area contributed by atoms with Crippen LogP contribution in [-0.2, 0) is 0 Å². The van der Waals surface area contributed by atoms with Crippen LogP contribution >= 0.6 is 0 Å². The smallest absolute Gasteiger partial charge is 0.275 e. The zero-order valence-corrected chi connectivity index (χ0v) is 9.82. The molecule has 5 nitrogen and oxygen atoms in total. The highest BCUT2D eigenvalue weighted by molar-refractivity contribution is 5.51. The van der Waals surface area contributed by atoms with Crippen LogP contribution in [0.25, 0.3) is 0 Å². The molecule has 1 unspecified atom stereocenters. The van der Waals surface area contributed by atoms with Crippen LogP contribution in [0.2, 0.25) is 0 Å². The number of nitrogens with one attached hydrogen (secondary N) is 1. The summed E-state index contributed by atoms with van der Waals surface area (Å²) in [4.78, 5) is 9.51. The van der Waals surface area contributed by atoms with Crippen LogP contribution in [0.5, 0.6) is 0 Å². The van der Waals surface area contributed by atoms with Crippen LogP contribution in [-0.4, -0.2) is 22.7 Å². The quantitative estimate of drug-likeness (QED) is 0.608. The molecule has 0 radical (unpaired) electrons. The summed E-state index contributed by atoms with van der Waals surface area (Å²) in [6, 6.07) is 1.31. The number of rotatable bonds is 6. The highest BCUT2D eigenvalue weighted by Crippen LogP contribution is 2.24. The molecule has 2 N–H and O–H groups in total. The number of halogens is 2. The zero-order valence-electron chi connectivity index (χ0n) is 9.82. The second-order valence-corrected chi connectivity index (χ2v) is 3.82. The van der Waals surface area contributed by atoms with Gasteiger partial charge in [-0.05, 0) is 12.8 Å². The first-order valence-electron chi connectivity index (χ1n) is 5.51. The van der Waals surface area contributed by atoms with E-state index in [0.717, 1.165) is 0 Å². The Bertz CT molecular complexity index is 417. The van der Waals surface area contributed by atoms with Gasteiger partial charge in [0.2, 0.25) is 0 Å². The van der Waals surface area contributed by atoms with Gasteiger partial charge in [0.05, 0.1) is 23.2 Å². The molecule has 100 valence electrons. The third-order valence-electron chi connectivity index (χ3n) is 2.49. The molecule has 0 aromatic heterocycles. The number of nitrogens with zero attached hydrogens (tertiary/aromatic N) is 1. The highest BCUT2D eigenvalue weighted by Gasteiger charge is 2.16. The summed E-state index contributed by atoms with van der Waals surface area (Å²) in [5.41, 5.74) is -1.05. The fraction of sp³-hybridized carbons (Fsp3) is 0.455. The summed E-state index contributed by atoms with van der Waals surface area (Å²) in [7, 11) is 0. The molecule has 18 heavy (non-hydrogen) atoms. The molecule has 0 heterocycles. The van der Waals surface area contributed by atoms with Crippen molar-refractivity contribution in [2.45, 2.75) is 25.9 Å². The summed E-state index contributed by atoms with van der Waals surface area (Å²) in [5, 5.41) is 22.1. The van der Waals surface area contributed by atoms with Gasteiger partial charge in [-0.15, -0.1) is 0 Å². The second kappa shape index (κ2) is 6.25. The highest BCUT2D eigenvalue weighted by atomic mass is 19.1. The van der Waals surface area contributed by atoms with Crippen molar-refractivity contribution in [1.82, 2.24) is 0 Å². The van der Waals surface area contributed by atoms with Crippen LogP contribution in [0.3, 0.4) is 0 Å². The molecule has 1 aromatic carbocycles. The van der Waals surface area contributed by atoms with E-state index in [0.29, 0.717) is 25.0 Å². The number of anilines is 1. The molecule has 0 amide bonds.